The molecule has 1 amide bonds. The molecule has 0 bridgehead atoms. The Morgan fingerprint density at radius 1 is 1.00 bits per heavy atom. The third-order valence-corrected chi connectivity index (χ3v) is 8.88. The number of fused-ring (bicyclic) bond motifs is 2. The van der Waals surface area contributed by atoms with Gasteiger partial charge in [-0.1, -0.05) is 31.4 Å². The monoisotopic (exact) mass is 574 g/mol. The highest BCUT2D eigenvalue weighted by molar-refractivity contribution is 7.17. The molecule has 2 aromatic carbocycles. The van der Waals surface area contributed by atoms with Crippen LogP contribution in [0.1, 0.15) is 43.2 Å². The second-order valence-electron chi connectivity index (χ2n) is 10.7. The second-order valence-corrected chi connectivity index (χ2v) is 11.6. The maximum Gasteiger partial charge on any atom is 0.223 e. The van der Waals surface area contributed by atoms with E-state index < -0.39 is 0 Å². The summed E-state index contributed by atoms with van der Waals surface area (Å²) in [7, 11) is 0. The number of aromatic nitrogens is 2. The molecule has 4 aromatic rings. The Kier molecular flexibility index (Phi) is 8.84. The topological polar surface area (TPSA) is 85.4 Å². The van der Waals surface area contributed by atoms with Crippen molar-refractivity contribution in [1.29, 1.82) is 0 Å². The minimum Gasteiger partial charge on any atom is -0.490 e. The predicted molar refractivity (Wildman–Crippen MR) is 160 cm³/mol. The van der Waals surface area contributed by atoms with Crippen molar-refractivity contribution in [2.75, 3.05) is 32.9 Å². The number of benzene rings is 2. The average molecular weight is 575 g/mol. The Labute approximate surface area is 243 Å². The SMILES string of the molecule is O=C(NCCOCCOc1cc(F)ccc1-c1nnc(-c2ccc3c(c2)CCNC3)c2ccsc12)C1CCCCC1. The number of rotatable bonds is 10. The highest BCUT2D eigenvalue weighted by atomic mass is 32.1. The Hall–Kier alpha value is -3.40. The molecule has 2 N–H and O–H groups in total. The van der Waals surface area contributed by atoms with Gasteiger partial charge in [-0.2, -0.15) is 0 Å². The van der Waals surface area contributed by atoms with Crippen LogP contribution in [0, 0.1) is 11.7 Å². The van der Waals surface area contributed by atoms with E-state index in [9.17, 15) is 9.18 Å². The molecule has 9 heteroatoms. The van der Waals surface area contributed by atoms with Gasteiger partial charge >= 0.3 is 0 Å². The third kappa shape index (κ3) is 6.42. The number of carbonyl (C=O) groups is 1. The Balaban J connectivity index is 1.11. The van der Waals surface area contributed by atoms with Crippen LogP contribution in [-0.2, 0) is 22.5 Å². The summed E-state index contributed by atoms with van der Waals surface area (Å²) in [6, 6.07) is 13.1. The van der Waals surface area contributed by atoms with Crippen LogP contribution in [0.3, 0.4) is 0 Å². The minimum absolute atomic E-state index is 0.130. The van der Waals surface area contributed by atoms with Crippen LogP contribution in [0.2, 0.25) is 0 Å². The smallest absolute Gasteiger partial charge is 0.223 e. The van der Waals surface area contributed by atoms with E-state index in [-0.39, 0.29) is 24.2 Å². The maximum absolute atomic E-state index is 14.3. The molecule has 214 valence electrons. The first-order chi connectivity index (χ1) is 20.2. The highest BCUT2D eigenvalue weighted by Gasteiger charge is 2.21. The molecule has 41 heavy (non-hydrogen) atoms. The minimum atomic E-state index is -0.384. The number of nitrogens with zero attached hydrogens (tertiary/aromatic N) is 2. The van der Waals surface area contributed by atoms with E-state index in [0.29, 0.717) is 36.8 Å². The normalized spacial score (nSPS) is 15.5. The van der Waals surface area contributed by atoms with Crippen molar-refractivity contribution in [3.63, 3.8) is 0 Å². The quantitative estimate of drug-likeness (QED) is 0.229. The van der Waals surface area contributed by atoms with E-state index in [1.165, 1.54) is 29.7 Å². The summed E-state index contributed by atoms with van der Waals surface area (Å²) >= 11 is 1.59. The summed E-state index contributed by atoms with van der Waals surface area (Å²) in [5.41, 5.74) is 5.93. The Morgan fingerprint density at radius 3 is 2.78 bits per heavy atom. The molecule has 2 aliphatic rings. The van der Waals surface area contributed by atoms with E-state index >= 15 is 0 Å². The molecule has 1 aliphatic carbocycles. The van der Waals surface area contributed by atoms with Gasteiger partial charge < -0.3 is 20.1 Å². The van der Waals surface area contributed by atoms with Crippen LogP contribution in [0.5, 0.6) is 5.75 Å². The molecule has 7 nitrogen and oxygen atoms in total. The summed E-state index contributed by atoms with van der Waals surface area (Å²) in [4.78, 5) is 12.3. The summed E-state index contributed by atoms with van der Waals surface area (Å²) in [5.74, 6) is 0.286. The fourth-order valence-corrected chi connectivity index (χ4v) is 6.67. The first-order valence-electron chi connectivity index (χ1n) is 14.5. The van der Waals surface area contributed by atoms with Crippen LogP contribution in [-0.4, -0.2) is 49.0 Å². The van der Waals surface area contributed by atoms with Gasteiger partial charge in [0, 0.05) is 41.6 Å². The van der Waals surface area contributed by atoms with Crippen molar-refractivity contribution in [3.8, 4) is 28.3 Å². The van der Waals surface area contributed by atoms with E-state index in [1.54, 1.807) is 17.4 Å². The number of hydrogen-bond acceptors (Lipinski definition) is 7. The average Bonchev–Trinajstić information content (AvgIpc) is 3.51. The van der Waals surface area contributed by atoms with Crippen molar-refractivity contribution >= 4 is 27.3 Å². The lowest BCUT2D eigenvalue weighted by Gasteiger charge is -2.20. The molecule has 3 heterocycles. The zero-order valence-electron chi connectivity index (χ0n) is 23.1. The number of nitrogens with one attached hydrogen (secondary N) is 2. The first kappa shape index (κ1) is 27.8. The summed E-state index contributed by atoms with van der Waals surface area (Å²) in [5, 5.41) is 18.7. The Morgan fingerprint density at radius 2 is 1.88 bits per heavy atom. The fourth-order valence-electron chi connectivity index (χ4n) is 5.77. The van der Waals surface area contributed by atoms with Crippen molar-refractivity contribution < 1.29 is 18.7 Å². The van der Waals surface area contributed by atoms with E-state index in [0.717, 1.165) is 66.5 Å². The van der Waals surface area contributed by atoms with Gasteiger partial charge in [0.15, 0.2) is 0 Å². The molecule has 1 saturated carbocycles. The van der Waals surface area contributed by atoms with Gasteiger partial charge in [0.2, 0.25) is 5.91 Å². The number of halogens is 1. The lowest BCUT2D eigenvalue weighted by atomic mass is 9.89. The molecule has 0 unspecified atom stereocenters. The zero-order chi connectivity index (χ0) is 28.0. The van der Waals surface area contributed by atoms with E-state index in [1.807, 2.05) is 5.38 Å². The summed E-state index contributed by atoms with van der Waals surface area (Å²) < 4.78 is 26.9. The van der Waals surface area contributed by atoms with Crippen molar-refractivity contribution in [3.05, 3.63) is 64.8 Å². The van der Waals surface area contributed by atoms with Crippen molar-refractivity contribution in [2.24, 2.45) is 5.92 Å². The molecule has 0 saturated heterocycles. The van der Waals surface area contributed by atoms with Crippen LogP contribution >= 0.6 is 11.3 Å². The molecule has 6 rings (SSSR count). The van der Waals surface area contributed by atoms with Gasteiger partial charge in [-0.05, 0) is 66.6 Å². The lowest BCUT2D eigenvalue weighted by molar-refractivity contribution is -0.126. The van der Waals surface area contributed by atoms with Crippen LogP contribution in [0.4, 0.5) is 4.39 Å². The standard InChI is InChI=1S/C32H35FN4O3S/c33-25-8-9-26(28(19-25)40-16-15-39-14-13-35-32(38)21-4-2-1-3-5-21)30-31-27(11-17-41-31)29(36-37-30)23-6-7-24-20-34-12-10-22(24)18-23/h6-9,11,17-19,21,34H,1-5,10,12-16,20H2,(H,35,38). The van der Waals surface area contributed by atoms with Crippen LogP contribution in [0.25, 0.3) is 32.6 Å². The van der Waals surface area contributed by atoms with Gasteiger partial charge in [-0.3, -0.25) is 4.79 Å². The van der Waals surface area contributed by atoms with Gasteiger partial charge in [-0.25, -0.2) is 4.39 Å². The van der Waals surface area contributed by atoms with E-state index in [2.05, 4.69) is 45.1 Å². The van der Waals surface area contributed by atoms with E-state index in [4.69, 9.17) is 9.47 Å². The van der Waals surface area contributed by atoms with Gasteiger partial charge in [0.1, 0.15) is 29.6 Å². The molecule has 0 atom stereocenters. The van der Waals surface area contributed by atoms with Gasteiger partial charge in [0.25, 0.3) is 0 Å². The van der Waals surface area contributed by atoms with Crippen molar-refractivity contribution in [2.45, 2.75) is 45.1 Å². The maximum atomic E-state index is 14.3. The Bertz CT molecular complexity index is 1520. The molecule has 2 aromatic heterocycles. The zero-order valence-corrected chi connectivity index (χ0v) is 23.9. The number of carbonyl (C=O) groups excluding carboxylic acids is 1. The number of thiophene rings is 1. The summed E-state index contributed by atoms with van der Waals surface area (Å²) in [6.07, 6.45) is 6.45. The van der Waals surface area contributed by atoms with Crippen LogP contribution < -0.4 is 15.4 Å². The first-order valence-corrected chi connectivity index (χ1v) is 15.4. The molecule has 1 fully saturated rings. The fraction of sp³-hybridized carbons (Fsp3) is 0.406. The van der Waals surface area contributed by atoms with Crippen molar-refractivity contribution in [1.82, 2.24) is 20.8 Å². The molecule has 0 radical (unpaired) electrons. The predicted octanol–water partition coefficient (Wildman–Crippen LogP) is 5.90. The van der Waals surface area contributed by atoms with Gasteiger partial charge in [-0.15, -0.1) is 21.5 Å². The second kappa shape index (κ2) is 13.1. The third-order valence-electron chi connectivity index (χ3n) is 7.96. The number of amides is 1. The lowest BCUT2D eigenvalue weighted by Crippen LogP contribution is -2.34. The highest BCUT2D eigenvalue weighted by Crippen LogP contribution is 2.39. The van der Waals surface area contributed by atoms with Gasteiger partial charge in [0.05, 0.1) is 17.9 Å². The summed E-state index contributed by atoms with van der Waals surface area (Å²) in [6.45, 7) is 3.31. The largest absolute Gasteiger partial charge is 0.490 e. The number of ether oxygens (including phenoxy) is 2. The van der Waals surface area contributed by atoms with Crippen LogP contribution in [0.15, 0.2) is 47.8 Å². The molecule has 0 spiro atoms. The number of hydrogen-bond donors (Lipinski definition) is 2. The molecular weight excluding hydrogens is 539 g/mol. The molecule has 1 aliphatic heterocycles. The molecular formula is C32H35FN4O3S.